The molecule has 0 aliphatic carbocycles. The standard InChI is InChI=1S/C36H34Cl2N4O3S/c1-24(2)5-3-6-25-9-13-27(14-10-25)28-15-11-26(12-16-28)19-35-39-34(32-18-17-29(37)20-33(32)38)22-41(35)30-7-4-8-31(21-30)42-23-36(43)40-46(42,44)45/h4,7-18,20-22,24H,3,5-6,19,23H2,1-2H3,(H,40,43). The third-order valence-electron chi connectivity index (χ3n) is 8.05. The molecule has 1 aliphatic rings. The van der Waals surface area contributed by atoms with E-state index in [1.807, 2.05) is 27.6 Å². The molecular weight excluding hydrogens is 639 g/mol. The summed E-state index contributed by atoms with van der Waals surface area (Å²) in [6, 6.07) is 29.5. The molecule has 1 aromatic heterocycles. The molecule has 10 heteroatoms. The second kappa shape index (κ2) is 13.3. The Balaban J connectivity index is 1.30. The zero-order valence-electron chi connectivity index (χ0n) is 25.6. The van der Waals surface area contributed by atoms with Gasteiger partial charge in [-0.15, -0.1) is 0 Å². The number of rotatable bonds is 10. The van der Waals surface area contributed by atoms with E-state index in [4.69, 9.17) is 28.2 Å². The van der Waals surface area contributed by atoms with E-state index >= 15 is 0 Å². The summed E-state index contributed by atoms with van der Waals surface area (Å²) < 4.78 is 30.1. The van der Waals surface area contributed by atoms with Crippen molar-refractivity contribution in [1.82, 2.24) is 14.3 Å². The van der Waals surface area contributed by atoms with Gasteiger partial charge in [-0.1, -0.05) is 98.1 Å². The van der Waals surface area contributed by atoms with Crippen LogP contribution in [0.1, 0.15) is 43.6 Å². The van der Waals surface area contributed by atoms with Crippen LogP contribution in [0.4, 0.5) is 5.69 Å². The summed E-state index contributed by atoms with van der Waals surface area (Å²) in [4.78, 5) is 16.9. The van der Waals surface area contributed by atoms with E-state index in [0.29, 0.717) is 33.5 Å². The van der Waals surface area contributed by atoms with Crippen LogP contribution >= 0.6 is 23.2 Å². The molecule has 1 saturated heterocycles. The minimum atomic E-state index is -3.95. The van der Waals surface area contributed by atoms with E-state index in [2.05, 4.69) is 62.4 Å². The maximum absolute atomic E-state index is 12.5. The molecule has 0 atom stereocenters. The molecule has 1 amide bonds. The van der Waals surface area contributed by atoms with Crippen molar-refractivity contribution in [3.05, 3.63) is 124 Å². The van der Waals surface area contributed by atoms with Crippen molar-refractivity contribution in [2.75, 3.05) is 10.8 Å². The second-order valence-corrected chi connectivity index (χ2v) is 14.4. The topological polar surface area (TPSA) is 84.3 Å². The van der Waals surface area contributed by atoms with Gasteiger partial charge in [0.15, 0.2) is 0 Å². The summed E-state index contributed by atoms with van der Waals surface area (Å²) in [5.74, 6) is 0.880. The molecule has 1 N–H and O–H groups in total. The molecule has 5 aromatic rings. The first-order valence-corrected chi connectivity index (χ1v) is 17.4. The zero-order chi connectivity index (χ0) is 32.4. The van der Waals surface area contributed by atoms with E-state index in [0.717, 1.165) is 39.2 Å². The third kappa shape index (κ3) is 7.15. The van der Waals surface area contributed by atoms with Crippen LogP contribution < -0.4 is 9.03 Å². The first-order chi connectivity index (χ1) is 22.1. The van der Waals surface area contributed by atoms with Gasteiger partial charge in [-0.25, -0.2) is 14.0 Å². The third-order valence-corrected chi connectivity index (χ3v) is 10.0. The van der Waals surface area contributed by atoms with Crippen molar-refractivity contribution in [3.63, 3.8) is 0 Å². The molecule has 1 aliphatic heterocycles. The minimum Gasteiger partial charge on any atom is -0.303 e. The number of carbonyl (C=O) groups excluding carboxylic acids is 1. The predicted octanol–water partition coefficient (Wildman–Crippen LogP) is 8.26. The van der Waals surface area contributed by atoms with Gasteiger partial charge in [0.2, 0.25) is 0 Å². The largest absolute Gasteiger partial charge is 0.326 e. The highest BCUT2D eigenvalue weighted by molar-refractivity contribution is 7.92. The Morgan fingerprint density at radius 2 is 1.54 bits per heavy atom. The number of aryl methyl sites for hydroxylation is 1. The minimum absolute atomic E-state index is 0.276. The summed E-state index contributed by atoms with van der Waals surface area (Å²) >= 11 is 12.7. The number of anilines is 1. The van der Waals surface area contributed by atoms with Crippen molar-refractivity contribution < 1.29 is 13.2 Å². The fourth-order valence-electron chi connectivity index (χ4n) is 5.64. The molecule has 0 saturated carbocycles. The number of hydrogen-bond acceptors (Lipinski definition) is 4. The van der Waals surface area contributed by atoms with Gasteiger partial charge in [-0.05, 0) is 77.4 Å². The maximum Gasteiger partial charge on any atom is 0.326 e. The molecule has 236 valence electrons. The molecule has 1 fully saturated rings. The number of amides is 1. The Hall–Kier alpha value is -4.11. The summed E-state index contributed by atoms with van der Waals surface area (Å²) in [6.07, 6.45) is 5.92. The molecule has 0 bridgehead atoms. The van der Waals surface area contributed by atoms with Gasteiger partial charge in [0.05, 0.1) is 16.4 Å². The van der Waals surface area contributed by atoms with Crippen molar-refractivity contribution in [2.45, 2.75) is 39.5 Å². The molecule has 0 radical (unpaired) electrons. The Kier molecular flexibility index (Phi) is 9.22. The summed E-state index contributed by atoms with van der Waals surface area (Å²) in [7, 11) is -3.95. The van der Waals surface area contributed by atoms with E-state index in [9.17, 15) is 13.2 Å². The van der Waals surface area contributed by atoms with E-state index in [1.165, 1.54) is 24.0 Å². The van der Waals surface area contributed by atoms with Gasteiger partial charge in [0, 0.05) is 28.9 Å². The number of hydrogen-bond donors (Lipinski definition) is 1. The lowest BCUT2D eigenvalue weighted by atomic mass is 9.99. The maximum atomic E-state index is 12.5. The summed E-state index contributed by atoms with van der Waals surface area (Å²) in [5, 5.41) is 0.998. The summed E-state index contributed by atoms with van der Waals surface area (Å²) in [5.41, 5.74) is 7.16. The van der Waals surface area contributed by atoms with Crippen LogP contribution in [0.15, 0.2) is 97.2 Å². The van der Waals surface area contributed by atoms with Crippen LogP contribution in [0.3, 0.4) is 0 Å². The van der Waals surface area contributed by atoms with Crippen LogP contribution in [0.5, 0.6) is 0 Å². The van der Waals surface area contributed by atoms with Crippen LogP contribution in [0.25, 0.3) is 28.1 Å². The SMILES string of the molecule is CC(C)CCCc1ccc(-c2ccc(Cc3nc(-c4ccc(Cl)cc4Cl)cn3-c3cccc(N4CC(=O)NS4(=O)=O)c3)cc2)cc1. The van der Waals surface area contributed by atoms with Gasteiger partial charge in [-0.2, -0.15) is 8.42 Å². The number of benzene rings is 4. The van der Waals surface area contributed by atoms with Crippen molar-refractivity contribution >= 4 is 45.0 Å². The summed E-state index contributed by atoms with van der Waals surface area (Å²) in [6.45, 7) is 4.25. The lowest BCUT2D eigenvalue weighted by molar-refractivity contribution is -0.117. The number of carbonyl (C=O) groups is 1. The van der Waals surface area contributed by atoms with Crippen molar-refractivity contribution in [2.24, 2.45) is 5.92 Å². The highest BCUT2D eigenvalue weighted by Crippen LogP contribution is 2.32. The van der Waals surface area contributed by atoms with Crippen molar-refractivity contribution in [3.8, 4) is 28.1 Å². The van der Waals surface area contributed by atoms with Crippen LogP contribution in [-0.2, 0) is 27.8 Å². The molecule has 6 rings (SSSR count). The highest BCUT2D eigenvalue weighted by atomic mass is 35.5. The quantitative estimate of drug-likeness (QED) is 0.162. The van der Waals surface area contributed by atoms with E-state index in [-0.39, 0.29) is 6.54 Å². The Morgan fingerprint density at radius 3 is 2.17 bits per heavy atom. The molecular formula is C36H34Cl2N4O3S. The number of halogens is 2. The van der Waals surface area contributed by atoms with Gasteiger partial charge in [0.1, 0.15) is 12.4 Å². The first kappa shape index (κ1) is 31.9. The predicted molar refractivity (Wildman–Crippen MR) is 186 cm³/mol. The Morgan fingerprint density at radius 1 is 0.870 bits per heavy atom. The average molecular weight is 674 g/mol. The zero-order valence-corrected chi connectivity index (χ0v) is 27.9. The van der Waals surface area contributed by atoms with Crippen LogP contribution in [-0.4, -0.2) is 30.4 Å². The van der Waals surface area contributed by atoms with Gasteiger partial charge < -0.3 is 4.57 Å². The fourth-order valence-corrected chi connectivity index (χ4v) is 7.29. The van der Waals surface area contributed by atoms with Gasteiger partial charge in [0.25, 0.3) is 5.91 Å². The number of imidazole rings is 1. The smallest absolute Gasteiger partial charge is 0.303 e. The van der Waals surface area contributed by atoms with E-state index in [1.54, 1.807) is 30.3 Å². The Bertz CT molecular complexity index is 1990. The molecule has 0 unspecified atom stereocenters. The Labute approximate surface area is 280 Å². The highest BCUT2D eigenvalue weighted by Gasteiger charge is 2.34. The molecule has 7 nitrogen and oxygen atoms in total. The second-order valence-electron chi connectivity index (χ2n) is 12.0. The lowest BCUT2D eigenvalue weighted by Crippen LogP contribution is -2.29. The van der Waals surface area contributed by atoms with Gasteiger partial charge >= 0.3 is 10.2 Å². The lowest BCUT2D eigenvalue weighted by Gasteiger charge is -2.16. The molecule has 4 aromatic carbocycles. The van der Waals surface area contributed by atoms with Crippen LogP contribution in [0.2, 0.25) is 10.0 Å². The molecule has 2 heterocycles. The number of aromatic nitrogens is 2. The van der Waals surface area contributed by atoms with Crippen molar-refractivity contribution in [1.29, 1.82) is 0 Å². The monoisotopic (exact) mass is 672 g/mol. The fraction of sp³-hybridized carbons (Fsp3) is 0.222. The van der Waals surface area contributed by atoms with Gasteiger partial charge in [-0.3, -0.25) is 4.79 Å². The number of nitrogens with one attached hydrogen (secondary N) is 1. The molecule has 0 spiro atoms. The number of nitrogens with zero attached hydrogens (tertiary/aromatic N) is 3. The van der Waals surface area contributed by atoms with Crippen LogP contribution in [0, 0.1) is 5.92 Å². The average Bonchev–Trinajstić information content (AvgIpc) is 3.56. The van der Waals surface area contributed by atoms with E-state index < -0.39 is 16.1 Å². The first-order valence-electron chi connectivity index (χ1n) is 15.2. The normalized spacial score (nSPS) is 14.2. The molecule has 46 heavy (non-hydrogen) atoms.